The second-order valence-electron chi connectivity index (χ2n) is 4.48. The predicted molar refractivity (Wildman–Crippen MR) is 64.3 cm³/mol. The van der Waals surface area contributed by atoms with Gasteiger partial charge in [0.25, 0.3) is 0 Å². The summed E-state index contributed by atoms with van der Waals surface area (Å²) in [7, 11) is 0. The highest BCUT2D eigenvalue weighted by Crippen LogP contribution is 2.20. The van der Waals surface area contributed by atoms with Crippen LogP contribution in [0.1, 0.15) is 31.4 Å². The number of nitrogens with two attached hydrogens (primary N) is 1. The minimum Gasteiger partial charge on any atom is -0.391 e. The third kappa shape index (κ3) is 2.51. The van der Waals surface area contributed by atoms with Gasteiger partial charge < -0.3 is 15.7 Å². The molecule has 0 radical (unpaired) electrons. The van der Waals surface area contributed by atoms with E-state index in [4.69, 9.17) is 5.73 Å². The van der Waals surface area contributed by atoms with E-state index in [1.165, 1.54) is 0 Å². The normalized spacial score (nSPS) is 23.2. The number of hydrogen-bond acceptors (Lipinski definition) is 4. The van der Waals surface area contributed by atoms with Crippen LogP contribution in [0, 0.1) is 0 Å². The fourth-order valence-corrected chi connectivity index (χ4v) is 2.05. The van der Waals surface area contributed by atoms with Gasteiger partial charge in [0.15, 0.2) is 0 Å². The average Bonchev–Trinajstić information content (AvgIpc) is 2.29. The van der Waals surface area contributed by atoms with Gasteiger partial charge in [0.05, 0.1) is 6.10 Å². The van der Waals surface area contributed by atoms with Crippen LogP contribution in [0.2, 0.25) is 0 Å². The maximum atomic E-state index is 9.63. The van der Waals surface area contributed by atoms with Crippen LogP contribution >= 0.6 is 0 Å². The number of aliphatic hydroxyl groups excluding tert-OH is 1. The van der Waals surface area contributed by atoms with Crippen molar-refractivity contribution in [3.05, 3.63) is 23.9 Å². The van der Waals surface area contributed by atoms with E-state index in [0.29, 0.717) is 6.54 Å². The minimum absolute atomic E-state index is 0.0245. The second-order valence-corrected chi connectivity index (χ2v) is 4.48. The fourth-order valence-electron chi connectivity index (χ4n) is 2.05. The summed E-state index contributed by atoms with van der Waals surface area (Å²) in [6, 6.07) is 3.98. The van der Waals surface area contributed by atoms with Crippen LogP contribution in [0.15, 0.2) is 18.3 Å². The van der Waals surface area contributed by atoms with Gasteiger partial charge in [-0.15, -0.1) is 0 Å². The van der Waals surface area contributed by atoms with Gasteiger partial charge in [-0.25, -0.2) is 4.98 Å². The molecule has 0 saturated carbocycles. The van der Waals surface area contributed by atoms with Crippen LogP contribution in [-0.4, -0.2) is 29.3 Å². The number of anilines is 1. The van der Waals surface area contributed by atoms with Crippen molar-refractivity contribution in [2.24, 2.45) is 5.73 Å². The first kappa shape index (κ1) is 11.4. The Morgan fingerprint density at radius 2 is 2.44 bits per heavy atom. The third-order valence-corrected chi connectivity index (χ3v) is 3.02. The van der Waals surface area contributed by atoms with Crippen molar-refractivity contribution in [2.75, 3.05) is 18.0 Å². The minimum atomic E-state index is -0.227. The fraction of sp³-hybridized carbons (Fsp3) is 0.583. The van der Waals surface area contributed by atoms with Crippen molar-refractivity contribution in [3.8, 4) is 0 Å². The summed E-state index contributed by atoms with van der Waals surface area (Å²) in [5.74, 6) is 0.925. The Hall–Kier alpha value is -1.13. The number of rotatable bonds is 2. The standard InChI is InChI=1S/C12H19N3O/c1-9(13)10-4-5-14-12(7-10)15-6-2-3-11(16)8-15/h4-5,7,9,11,16H,2-3,6,8,13H2,1H3. The average molecular weight is 221 g/mol. The number of aromatic nitrogens is 1. The van der Waals surface area contributed by atoms with Gasteiger partial charge in [-0.3, -0.25) is 0 Å². The first-order valence-electron chi connectivity index (χ1n) is 5.81. The molecule has 0 spiro atoms. The van der Waals surface area contributed by atoms with Crippen molar-refractivity contribution in [1.82, 2.24) is 4.98 Å². The molecular weight excluding hydrogens is 202 g/mol. The molecule has 4 nitrogen and oxygen atoms in total. The summed E-state index contributed by atoms with van der Waals surface area (Å²) >= 11 is 0. The molecule has 2 heterocycles. The molecule has 2 unspecified atom stereocenters. The number of hydrogen-bond donors (Lipinski definition) is 2. The van der Waals surface area contributed by atoms with E-state index in [1.54, 1.807) is 6.20 Å². The molecule has 1 aliphatic rings. The third-order valence-electron chi connectivity index (χ3n) is 3.02. The molecule has 0 amide bonds. The van der Waals surface area contributed by atoms with E-state index >= 15 is 0 Å². The molecule has 2 atom stereocenters. The molecule has 16 heavy (non-hydrogen) atoms. The summed E-state index contributed by atoms with van der Waals surface area (Å²) in [6.45, 7) is 3.60. The number of β-amino-alcohol motifs (C(OH)–C–C–N with tert-alkyl or cyclic N) is 1. The molecular formula is C12H19N3O. The lowest BCUT2D eigenvalue weighted by molar-refractivity contribution is 0.154. The zero-order chi connectivity index (χ0) is 11.5. The molecule has 1 saturated heterocycles. The molecule has 88 valence electrons. The van der Waals surface area contributed by atoms with Crippen LogP contribution in [0.4, 0.5) is 5.82 Å². The van der Waals surface area contributed by atoms with Gasteiger partial charge in [0.2, 0.25) is 0 Å². The van der Waals surface area contributed by atoms with Crippen LogP contribution in [0.5, 0.6) is 0 Å². The summed E-state index contributed by atoms with van der Waals surface area (Å²) in [5, 5.41) is 9.63. The van der Waals surface area contributed by atoms with Gasteiger partial charge in [-0.2, -0.15) is 0 Å². The molecule has 0 bridgehead atoms. The molecule has 1 aromatic heterocycles. The molecule has 0 aromatic carbocycles. The van der Waals surface area contributed by atoms with Crippen LogP contribution < -0.4 is 10.6 Å². The quantitative estimate of drug-likeness (QED) is 0.784. The van der Waals surface area contributed by atoms with Gasteiger partial charge >= 0.3 is 0 Å². The summed E-state index contributed by atoms with van der Waals surface area (Å²) < 4.78 is 0. The molecule has 1 aromatic rings. The van der Waals surface area contributed by atoms with E-state index < -0.39 is 0 Å². The number of piperidine rings is 1. The maximum Gasteiger partial charge on any atom is 0.128 e. The first-order chi connectivity index (χ1) is 7.66. The zero-order valence-corrected chi connectivity index (χ0v) is 9.63. The highest BCUT2D eigenvalue weighted by molar-refractivity contribution is 5.42. The smallest absolute Gasteiger partial charge is 0.128 e. The highest BCUT2D eigenvalue weighted by Gasteiger charge is 2.19. The zero-order valence-electron chi connectivity index (χ0n) is 9.63. The molecule has 1 fully saturated rings. The van der Waals surface area contributed by atoms with Crippen LogP contribution in [0.25, 0.3) is 0 Å². The molecule has 3 N–H and O–H groups in total. The lowest BCUT2D eigenvalue weighted by atomic mass is 10.1. The molecule has 2 rings (SSSR count). The van der Waals surface area contributed by atoms with Gasteiger partial charge in [0.1, 0.15) is 5.82 Å². The largest absolute Gasteiger partial charge is 0.391 e. The maximum absolute atomic E-state index is 9.63. The highest BCUT2D eigenvalue weighted by atomic mass is 16.3. The Morgan fingerprint density at radius 3 is 3.12 bits per heavy atom. The Bertz CT molecular complexity index is 354. The van der Waals surface area contributed by atoms with Gasteiger partial charge in [-0.05, 0) is 37.5 Å². The van der Waals surface area contributed by atoms with Crippen molar-refractivity contribution in [1.29, 1.82) is 0 Å². The van der Waals surface area contributed by atoms with E-state index in [-0.39, 0.29) is 12.1 Å². The van der Waals surface area contributed by atoms with Crippen molar-refractivity contribution in [3.63, 3.8) is 0 Å². The number of nitrogens with zero attached hydrogens (tertiary/aromatic N) is 2. The van der Waals surface area contributed by atoms with Crippen LogP contribution in [-0.2, 0) is 0 Å². The summed E-state index contributed by atoms with van der Waals surface area (Å²) in [6.07, 6.45) is 3.47. The number of pyridine rings is 1. The van der Waals surface area contributed by atoms with E-state index in [1.807, 2.05) is 19.1 Å². The lowest BCUT2D eigenvalue weighted by Gasteiger charge is -2.31. The Labute approximate surface area is 96.1 Å². The molecule has 0 aliphatic carbocycles. The van der Waals surface area contributed by atoms with E-state index in [2.05, 4.69) is 9.88 Å². The Balaban J connectivity index is 2.16. The monoisotopic (exact) mass is 221 g/mol. The van der Waals surface area contributed by atoms with Gasteiger partial charge in [0, 0.05) is 25.3 Å². The Kier molecular flexibility index (Phi) is 3.41. The van der Waals surface area contributed by atoms with Crippen molar-refractivity contribution >= 4 is 5.82 Å². The molecule has 1 aliphatic heterocycles. The SMILES string of the molecule is CC(N)c1ccnc(N2CCCC(O)C2)c1. The molecule has 4 heteroatoms. The Morgan fingerprint density at radius 1 is 1.62 bits per heavy atom. The first-order valence-corrected chi connectivity index (χ1v) is 5.81. The summed E-state index contributed by atoms with van der Waals surface area (Å²) in [5.41, 5.74) is 6.93. The predicted octanol–water partition coefficient (Wildman–Crippen LogP) is 1.06. The lowest BCUT2D eigenvalue weighted by Crippen LogP contribution is -2.38. The second kappa shape index (κ2) is 4.80. The van der Waals surface area contributed by atoms with Crippen LogP contribution in [0.3, 0.4) is 0 Å². The van der Waals surface area contributed by atoms with E-state index in [9.17, 15) is 5.11 Å². The van der Waals surface area contributed by atoms with E-state index in [0.717, 1.165) is 30.8 Å². The van der Waals surface area contributed by atoms with Crippen molar-refractivity contribution in [2.45, 2.75) is 31.9 Å². The summed E-state index contributed by atoms with van der Waals surface area (Å²) in [4.78, 5) is 6.46. The van der Waals surface area contributed by atoms with Crippen molar-refractivity contribution < 1.29 is 5.11 Å². The van der Waals surface area contributed by atoms with Gasteiger partial charge in [-0.1, -0.05) is 0 Å². The number of aliphatic hydroxyl groups is 1. The topological polar surface area (TPSA) is 62.4 Å².